The summed E-state index contributed by atoms with van der Waals surface area (Å²) in [5, 5.41) is 2.96. The molecule has 0 aliphatic heterocycles. The lowest BCUT2D eigenvalue weighted by atomic mass is 10.2. The number of hydrogen-bond donors (Lipinski definition) is 1. The van der Waals surface area contributed by atoms with Crippen LogP contribution in [0.1, 0.15) is 24.1 Å². The zero-order valence-corrected chi connectivity index (χ0v) is 17.3. The molecular formula is C18H21BrF2N4O3. The molecule has 0 bridgehead atoms. The summed E-state index contributed by atoms with van der Waals surface area (Å²) in [6.07, 6.45) is 3.79. The van der Waals surface area contributed by atoms with E-state index in [0.29, 0.717) is 34.0 Å². The summed E-state index contributed by atoms with van der Waals surface area (Å²) >= 11 is 3.33. The number of hydrogen-bond acceptors (Lipinski definition) is 6. The Morgan fingerprint density at radius 2 is 2.07 bits per heavy atom. The van der Waals surface area contributed by atoms with Crippen molar-refractivity contribution in [3.05, 3.63) is 38.5 Å². The van der Waals surface area contributed by atoms with Gasteiger partial charge in [-0.1, -0.05) is 0 Å². The Hall–Kier alpha value is -2.07. The fourth-order valence-electron chi connectivity index (χ4n) is 2.94. The maximum Gasteiger partial charge on any atom is 0.388 e. The van der Waals surface area contributed by atoms with Gasteiger partial charge in [0.2, 0.25) is 5.88 Å². The van der Waals surface area contributed by atoms with Crippen LogP contribution < -0.4 is 15.6 Å². The summed E-state index contributed by atoms with van der Waals surface area (Å²) in [4.78, 5) is 21.1. The number of ether oxygens (including phenoxy) is 2. The van der Waals surface area contributed by atoms with E-state index in [4.69, 9.17) is 4.74 Å². The van der Waals surface area contributed by atoms with E-state index < -0.39 is 6.61 Å². The molecule has 1 atom stereocenters. The first-order chi connectivity index (χ1) is 13.3. The monoisotopic (exact) mass is 458 g/mol. The van der Waals surface area contributed by atoms with Crippen LogP contribution in [0.25, 0.3) is 0 Å². The molecule has 10 heteroatoms. The highest BCUT2D eigenvalue weighted by Crippen LogP contribution is 2.34. The predicted molar refractivity (Wildman–Crippen MR) is 103 cm³/mol. The Balaban J connectivity index is 1.88. The Morgan fingerprint density at radius 3 is 2.68 bits per heavy atom. The minimum Gasteiger partial charge on any atom is -0.417 e. The molecule has 7 nitrogen and oxygen atoms in total. The molecule has 0 spiro atoms. The van der Waals surface area contributed by atoms with Crippen LogP contribution in [0.5, 0.6) is 5.88 Å². The first kappa shape index (κ1) is 20.7. The highest BCUT2D eigenvalue weighted by Gasteiger charge is 2.32. The summed E-state index contributed by atoms with van der Waals surface area (Å²) in [6, 6.07) is 1.59. The average molecular weight is 459 g/mol. The standard InChI is InChI=1S/C18H21BrF2N4O3/c1-9-6-12(10(2)22-16(9)28-18(20)21)23-15-17(26)25(8-14(19)24-15)7-13(27-3)11-4-5-11/h6,8,11,13,18H,4-5,7H2,1-3H3,(H,23,24)/t13-/m1/s1. The Kier molecular flexibility index (Phi) is 6.29. The maximum atomic E-state index is 12.8. The van der Waals surface area contributed by atoms with Gasteiger partial charge in [0.25, 0.3) is 5.56 Å². The van der Waals surface area contributed by atoms with Gasteiger partial charge < -0.3 is 19.4 Å². The van der Waals surface area contributed by atoms with Crippen LogP contribution in [-0.4, -0.2) is 34.4 Å². The van der Waals surface area contributed by atoms with Gasteiger partial charge in [-0.25, -0.2) is 9.97 Å². The summed E-state index contributed by atoms with van der Waals surface area (Å²) in [5.74, 6) is 0.425. The van der Waals surface area contributed by atoms with Gasteiger partial charge in [0.15, 0.2) is 5.82 Å². The minimum atomic E-state index is -2.96. The van der Waals surface area contributed by atoms with E-state index in [1.165, 1.54) is 0 Å². The van der Waals surface area contributed by atoms with E-state index in [9.17, 15) is 13.6 Å². The number of rotatable bonds is 8. The Bertz CT molecular complexity index is 918. The fraction of sp³-hybridized carbons (Fsp3) is 0.500. The van der Waals surface area contributed by atoms with Crippen molar-refractivity contribution in [1.82, 2.24) is 14.5 Å². The first-order valence-corrected chi connectivity index (χ1v) is 9.57. The minimum absolute atomic E-state index is 0.0312. The maximum absolute atomic E-state index is 12.8. The molecule has 2 aromatic heterocycles. The number of pyridine rings is 1. The number of anilines is 2. The summed E-state index contributed by atoms with van der Waals surface area (Å²) < 4.78 is 36.9. The van der Waals surface area contributed by atoms with Gasteiger partial charge in [0, 0.05) is 18.9 Å². The molecule has 0 saturated heterocycles. The van der Waals surface area contributed by atoms with Crippen LogP contribution in [0.2, 0.25) is 0 Å². The van der Waals surface area contributed by atoms with E-state index in [1.54, 1.807) is 37.8 Å². The molecule has 0 amide bonds. The molecule has 3 rings (SSSR count). The number of nitrogens with one attached hydrogen (secondary N) is 1. The molecule has 1 N–H and O–H groups in total. The summed E-state index contributed by atoms with van der Waals surface area (Å²) in [7, 11) is 1.64. The summed E-state index contributed by atoms with van der Waals surface area (Å²) in [5.41, 5.74) is 0.994. The smallest absolute Gasteiger partial charge is 0.388 e. The third kappa shape index (κ3) is 4.85. The molecule has 2 aromatic rings. The van der Waals surface area contributed by atoms with Gasteiger partial charge in [0.1, 0.15) is 4.60 Å². The van der Waals surface area contributed by atoms with Crippen molar-refractivity contribution in [3.63, 3.8) is 0 Å². The van der Waals surface area contributed by atoms with Crippen molar-refractivity contribution in [2.45, 2.75) is 45.9 Å². The molecule has 1 aliphatic carbocycles. The van der Waals surface area contributed by atoms with Gasteiger partial charge >= 0.3 is 6.61 Å². The molecule has 0 unspecified atom stereocenters. The highest BCUT2D eigenvalue weighted by atomic mass is 79.9. The number of methoxy groups -OCH3 is 1. The molecule has 0 aromatic carbocycles. The number of alkyl halides is 2. The Labute approximate surface area is 169 Å². The largest absolute Gasteiger partial charge is 0.417 e. The topological polar surface area (TPSA) is 78.3 Å². The van der Waals surface area contributed by atoms with Crippen molar-refractivity contribution in [3.8, 4) is 5.88 Å². The SMILES string of the molecule is CO[C@H](Cn1cc(Br)nc(Nc2cc(C)c(OC(F)F)nc2C)c1=O)C1CC1. The van der Waals surface area contributed by atoms with Gasteiger partial charge in [-0.05, 0) is 54.6 Å². The normalized spacial score (nSPS) is 15.0. The zero-order chi connectivity index (χ0) is 20.4. The predicted octanol–water partition coefficient (Wildman–Crippen LogP) is 3.79. The quantitative estimate of drug-likeness (QED) is 0.648. The van der Waals surface area contributed by atoms with Crippen molar-refractivity contribution in [1.29, 1.82) is 0 Å². The van der Waals surface area contributed by atoms with Gasteiger partial charge in [0.05, 0.1) is 24.0 Å². The van der Waals surface area contributed by atoms with Crippen molar-refractivity contribution >= 4 is 27.4 Å². The molecule has 28 heavy (non-hydrogen) atoms. The third-order valence-electron chi connectivity index (χ3n) is 4.58. The van der Waals surface area contributed by atoms with Crippen LogP contribution in [0, 0.1) is 19.8 Å². The second-order valence-corrected chi connectivity index (χ2v) is 7.54. The first-order valence-electron chi connectivity index (χ1n) is 8.78. The molecule has 1 saturated carbocycles. The van der Waals surface area contributed by atoms with Crippen molar-refractivity contribution in [2.75, 3.05) is 12.4 Å². The molecule has 152 valence electrons. The van der Waals surface area contributed by atoms with Gasteiger partial charge in [-0.3, -0.25) is 4.79 Å². The lowest BCUT2D eigenvalue weighted by molar-refractivity contribution is -0.0533. The van der Waals surface area contributed by atoms with E-state index in [0.717, 1.165) is 12.8 Å². The van der Waals surface area contributed by atoms with Crippen LogP contribution in [0.4, 0.5) is 20.3 Å². The molecule has 1 fully saturated rings. The lowest BCUT2D eigenvalue weighted by Crippen LogP contribution is -2.30. The molecule has 0 radical (unpaired) electrons. The van der Waals surface area contributed by atoms with Crippen LogP contribution in [0.15, 0.2) is 21.7 Å². The van der Waals surface area contributed by atoms with Crippen LogP contribution >= 0.6 is 15.9 Å². The van der Waals surface area contributed by atoms with E-state index in [2.05, 4.69) is 36.0 Å². The Morgan fingerprint density at radius 1 is 1.36 bits per heavy atom. The fourth-order valence-corrected chi connectivity index (χ4v) is 3.37. The van der Waals surface area contributed by atoms with Crippen LogP contribution in [-0.2, 0) is 11.3 Å². The van der Waals surface area contributed by atoms with Gasteiger partial charge in [-0.2, -0.15) is 8.78 Å². The van der Waals surface area contributed by atoms with Gasteiger partial charge in [-0.15, -0.1) is 0 Å². The average Bonchev–Trinajstić information content (AvgIpc) is 3.45. The van der Waals surface area contributed by atoms with E-state index in [1.807, 2.05) is 0 Å². The highest BCUT2D eigenvalue weighted by molar-refractivity contribution is 9.10. The van der Waals surface area contributed by atoms with E-state index in [-0.39, 0.29) is 23.4 Å². The second-order valence-electron chi connectivity index (χ2n) is 6.73. The number of nitrogens with zero attached hydrogens (tertiary/aromatic N) is 3. The number of halogens is 3. The third-order valence-corrected chi connectivity index (χ3v) is 4.96. The molecular weight excluding hydrogens is 438 g/mol. The second kappa shape index (κ2) is 8.52. The molecule has 1 aliphatic rings. The molecule has 2 heterocycles. The number of aryl methyl sites for hydroxylation is 2. The van der Waals surface area contributed by atoms with Crippen molar-refractivity contribution in [2.24, 2.45) is 5.92 Å². The summed E-state index contributed by atoms with van der Waals surface area (Å²) in [6.45, 7) is 0.696. The van der Waals surface area contributed by atoms with Crippen LogP contribution in [0.3, 0.4) is 0 Å². The van der Waals surface area contributed by atoms with Crippen molar-refractivity contribution < 1.29 is 18.3 Å². The lowest BCUT2D eigenvalue weighted by Gasteiger charge is -2.17. The number of aromatic nitrogens is 3. The van der Waals surface area contributed by atoms with E-state index >= 15 is 0 Å². The zero-order valence-electron chi connectivity index (χ0n) is 15.7.